The summed E-state index contributed by atoms with van der Waals surface area (Å²) >= 11 is 0. The second-order valence-electron chi connectivity index (χ2n) is 5.68. The normalized spacial score (nSPS) is 14.5. The van der Waals surface area contributed by atoms with Crippen LogP contribution < -0.4 is 14.7 Å². The van der Waals surface area contributed by atoms with Gasteiger partial charge in [-0.05, 0) is 42.8 Å². The number of nitrogens with one attached hydrogen (secondary N) is 2. The van der Waals surface area contributed by atoms with Crippen LogP contribution in [0.25, 0.3) is 11.0 Å². The minimum Gasteiger partial charge on any atom is -0.489 e. The molecule has 0 saturated carbocycles. The molecule has 8 heteroatoms. The maximum atomic E-state index is 13.1. The first-order valence-corrected chi connectivity index (χ1v) is 8.87. The average Bonchev–Trinajstić information content (AvgIpc) is 2.93. The molecule has 0 bridgehead atoms. The van der Waals surface area contributed by atoms with Crippen LogP contribution in [0.1, 0.15) is 5.56 Å². The fourth-order valence-electron chi connectivity index (χ4n) is 2.85. The number of benzene rings is 2. The monoisotopic (exact) mass is 345 g/mol. The Hall–Kier alpha value is -2.74. The maximum absolute atomic E-state index is 13.1. The number of hydrogen-bond donors (Lipinski definition) is 2. The van der Waals surface area contributed by atoms with Gasteiger partial charge >= 0.3 is 5.69 Å². The van der Waals surface area contributed by atoms with E-state index in [1.807, 2.05) is 13.0 Å². The van der Waals surface area contributed by atoms with Crippen LogP contribution in [0.15, 0.2) is 46.1 Å². The summed E-state index contributed by atoms with van der Waals surface area (Å²) in [6.07, 6.45) is 0. The number of anilines is 1. The fraction of sp³-hybridized carbons (Fsp3) is 0.188. The van der Waals surface area contributed by atoms with Crippen molar-refractivity contribution in [3.8, 4) is 5.75 Å². The van der Waals surface area contributed by atoms with Gasteiger partial charge < -0.3 is 14.7 Å². The van der Waals surface area contributed by atoms with E-state index in [0.29, 0.717) is 29.1 Å². The van der Waals surface area contributed by atoms with Gasteiger partial charge in [0.05, 0.1) is 28.2 Å². The van der Waals surface area contributed by atoms with E-state index in [2.05, 4.69) is 9.97 Å². The summed E-state index contributed by atoms with van der Waals surface area (Å²) in [5, 5.41) is 0. The maximum Gasteiger partial charge on any atom is 0.323 e. The van der Waals surface area contributed by atoms with Crippen LogP contribution in [0.4, 0.5) is 5.69 Å². The first kappa shape index (κ1) is 14.8. The number of fused-ring (bicyclic) bond motifs is 2. The molecular formula is C16H15N3O4S. The minimum absolute atomic E-state index is 0.125. The zero-order chi connectivity index (χ0) is 16.9. The third-order valence-electron chi connectivity index (χ3n) is 4.01. The van der Waals surface area contributed by atoms with Gasteiger partial charge in [0.25, 0.3) is 10.0 Å². The Bertz CT molecular complexity index is 1100. The van der Waals surface area contributed by atoms with Gasteiger partial charge in [-0.1, -0.05) is 6.07 Å². The fourth-order valence-corrected chi connectivity index (χ4v) is 4.33. The summed E-state index contributed by atoms with van der Waals surface area (Å²) in [4.78, 5) is 16.7. The van der Waals surface area contributed by atoms with E-state index >= 15 is 0 Å². The van der Waals surface area contributed by atoms with Crippen LogP contribution in [0, 0.1) is 6.92 Å². The van der Waals surface area contributed by atoms with E-state index in [1.54, 1.807) is 18.2 Å². The third-order valence-corrected chi connectivity index (χ3v) is 5.82. The molecule has 7 nitrogen and oxygen atoms in total. The molecule has 1 aliphatic heterocycles. The molecule has 1 aliphatic rings. The van der Waals surface area contributed by atoms with E-state index in [9.17, 15) is 13.2 Å². The number of ether oxygens (including phenoxy) is 1. The first-order chi connectivity index (χ1) is 11.4. The molecule has 2 N–H and O–H groups in total. The van der Waals surface area contributed by atoms with Crippen molar-refractivity contribution in [3.05, 3.63) is 52.4 Å². The van der Waals surface area contributed by atoms with E-state index < -0.39 is 10.0 Å². The molecular weight excluding hydrogens is 330 g/mol. The molecule has 0 aliphatic carbocycles. The van der Waals surface area contributed by atoms with Gasteiger partial charge in [0.15, 0.2) is 0 Å². The largest absolute Gasteiger partial charge is 0.489 e. The number of rotatable bonds is 2. The van der Waals surface area contributed by atoms with Crippen molar-refractivity contribution in [1.82, 2.24) is 9.97 Å². The topological polar surface area (TPSA) is 95.3 Å². The van der Waals surface area contributed by atoms with Crippen LogP contribution in [-0.2, 0) is 10.0 Å². The van der Waals surface area contributed by atoms with Crippen molar-refractivity contribution in [2.75, 3.05) is 17.5 Å². The lowest BCUT2D eigenvalue weighted by Gasteiger charge is -2.30. The Balaban J connectivity index is 1.85. The highest BCUT2D eigenvalue weighted by atomic mass is 32.2. The van der Waals surface area contributed by atoms with Crippen LogP contribution in [-0.4, -0.2) is 31.5 Å². The van der Waals surface area contributed by atoms with Crippen molar-refractivity contribution < 1.29 is 13.2 Å². The molecule has 4 rings (SSSR count). The second kappa shape index (κ2) is 5.13. The Labute approximate surface area is 137 Å². The van der Waals surface area contributed by atoms with Crippen molar-refractivity contribution >= 4 is 26.7 Å². The lowest BCUT2D eigenvalue weighted by atomic mass is 10.2. The van der Waals surface area contributed by atoms with E-state index in [1.165, 1.54) is 16.4 Å². The molecule has 3 aromatic rings. The number of imidazole rings is 1. The number of aromatic nitrogens is 2. The zero-order valence-corrected chi connectivity index (χ0v) is 13.7. The van der Waals surface area contributed by atoms with E-state index in [4.69, 9.17) is 4.74 Å². The van der Waals surface area contributed by atoms with Crippen LogP contribution in [0.3, 0.4) is 0 Å². The Morgan fingerprint density at radius 3 is 2.71 bits per heavy atom. The zero-order valence-electron chi connectivity index (χ0n) is 12.9. The van der Waals surface area contributed by atoms with Crippen LogP contribution in [0.5, 0.6) is 5.75 Å². The van der Waals surface area contributed by atoms with Crippen molar-refractivity contribution in [3.63, 3.8) is 0 Å². The Kier molecular flexibility index (Phi) is 3.17. The summed E-state index contributed by atoms with van der Waals surface area (Å²) < 4.78 is 33.1. The van der Waals surface area contributed by atoms with Crippen molar-refractivity contribution in [1.29, 1.82) is 0 Å². The summed E-state index contributed by atoms with van der Waals surface area (Å²) in [5.74, 6) is 0.548. The molecule has 124 valence electrons. The first-order valence-electron chi connectivity index (χ1n) is 7.43. The number of sulfonamides is 1. The molecule has 2 heterocycles. The Morgan fingerprint density at radius 1 is 1.08 bits per heavy atom. The molecule has 0 saturated heterocycles. The van der Waals surface area contributed by atoms with E-state index in [0.717, 1.165) is 5.56 Å². The van der Waals surface area contributed by atoms with Gasteiger partial charge in [-0.15, -0.1) is 0 Å². The quantitative estimate of drug-likeness (QED) is 0.740. The smallest absolute Gasteiger partial charge is 0.323 e. The summed E-state index contributed by atoms with van der Waals surface area (Å²) in [7, 11) is -3.76. The third kappa shape index (κ3) is 2.26. The van der Waals surface area contributed by atoms with Crippen molar-refractivity contribution in [2.45, 2.75) is 11.8 Å². The van der Waals surface area contributed by atoms with Gasteiger partial charge in [0.2, 0.25) is 0 Å². The molecule has 0 spiro atoms. The predicted molar refractivity (Wildman–Crippen MR) is 90.1 cm³/mol. The summed E-state index contributed by atoms with van der Waals surface area (Å²) in [6.45, 7) is 2.43. The molecule has 0 atom stereocenters. The molecule has 2 aromatic carbocycles. The Morgan fingerprint density at radius 2 is 1.88 bits per heavy atom. The summed E-state index contributed by atoms with van der Waals surface area (Å²) in [5.41, 5.74) is 2.14. The highest BCUT2D eigenvalue weighted by molar-refractivity contribution is 7.92. The SMILES string of the molecule is Cc1ccc2c(c1)N(S(=O)(=O)c1ccc3[nH]c(=O)[nH]c3c1)CCO2. The number of aryl methyl sites for hydroxylation is 1. The second-order valence-corrected chi connectivity index (χ2v) is 7.55. The number of H-pyrrole nitrogens is 2. The van der Waals surface area contributed by atoms with E-state index in [-0.39, 0.29) is 17.1 Å². The highest BCUT2D eigenvalue weighted by Gasteiger charge is 2.30. The molecule has 0 radical (unpaired) electrons. The van der Waals surface area contributed by atoms with Crippen LogP contribution >= 0.6 is 0 Å². The lowest BCUT2D eigenvalue weighted by Crippen LogP contribution is -2.37. The van der Waals surface area contributed by atoms with Gasteiger partial charge in [0, 0.05) is 0 Å². The lowest BCUT2D eigenvalue weighted by molar-refractivity contribution is 0.315. The number of nitrogens with zero attached hydrogens (tertiary/aromatic N) is 1. The molecule has 0 amide bonds. The summed E-state index contributed by atoms with van der Waals surface area (Å²) in [6, 6.07) is 9.99. The highest BCUT2D eigenvalue weighted by Crippen LogP contribution is 2.36. The van der Waals surface area contributed by atoms with Gasteiger partial charge in [-0.3, -0.25) is 4.31 Å². The number of aromatic amines is 2. The van der Waals surface area contributed by atoms with Gasteiger partial charge in [-0.25, -0.2) is 13.2 Å². The molecule has 0 unspecified atom stereocenters. The van der Waals surface area contributed by atoms with Crippen molar-refractivity contribution in [2.24, 2.45) is 0 Å². The predicted octanol–water partition coefficient (Wildman–Crippen LogP) is 1.75. The van der Waals surface area contributed by atoms with Gasteiger partial charge in [-0.2, -0.15) is 0 Å². The van der Waals surface area contributed by atoms with Crippen LogP contribution in [0.2, 0.25) is 0 Å². The molecule has 24 heavy (non-hydrogen) atoms. The van der Waals surface area contributed by atoms with Gasteiger partial charge in [0.1, 0.15) is 12.4 Å². The average molecular weight is 345 g/mol. The molecule has 0 fully saturated rings. The standard InChI is InChI=1S/C16H15N3O4S/c1-10-2-5-15-14(8-10)19(6-7-23-15)24(21,22)11-3-4-12-13(9-11)18-16(20)17-12/h2-5,8-9H,6-7H2,1H3,(H2,17,18,20). The minimum atomic E-state index is -3.76. The molecule has 1 aromatic heterocycles. The number of hydrogen-bond acceptors (Lipinski definition) is 4.